The molecule has 0 fully saturated rings. The highest BCUT2D eigenvalue weighted by atomic mass is 35.5. The molecule has 100 valence electrons. The first kappa shape index (κ1) is 29.7. The molecular formula is C13H20Cl2F2. The Labute approximate surface area is 115 Å². The van der Waals surface area contributed by atoms with Gasteiger partial charge in [-0.3, -0.25) is 9.41 Å². The van der Waals surface area contributed by atoms with Crippen LogP contribution in [0.1, 0.15) is 7.43 Å². The summed E-state index contributed by atoms with van der Waals surface area (Å²) in [4.78, 5) is 0. The fourth-order valence-corrected chi connectivity index (χ4v) is 0.770. The molecule has 0 saturated heterocycles. The van der Waals surface area contributed by atoms with E-state index >= 15 is 0 Å². The van der Waals surface area contributed by atoms with Gasteiger partial charge in [0.2, 0.25) is 0 Å². The molecule has 4 heteroatoms. The molecule has 0 saturated carbocycles. The zero-order valence-electron chi connectivity index (χ0n) is 8.56. The van der Waals surface area contributed by atoms with Crippen LogP contribution in [0, 0.1) is 0 Å². The van der Waals surface area contributed by atoms with Crippen molar-refractivity contribution < 1.29 is 9.41 Å². The Morgan fingerprint density at radius 1 is 0.294 bits per heavy atom. The van der Waals surface area contributed by atoms with Crippen molar-refractivity contribution in [2.24, 2.45) is 0 Å². The Hall–Kier alpha value is -1.12. The Balaban J connectivity index is -0.0000000436. The van der Waals surface area contributed by atoms with Crippen LogP contribution in [0.3, 0.4) is 0 Å². The topological polar surface area (TPSA) is 0 Å². The van der Waals surface area contributed by atoms with Gasteiger partial charge in [0.05, 0.1) is 0 Å². The maximum Gasteiger partial charge on any atom is -0.0623 e. The Morgan fingerprint density at radius 2 is 0.353 bits per heavy atom. The largest absolute Gasteiger partial charge is 0.269 e. The summed E-state index contributed by atoms with van der Waals surface area (Å²) < 4.78 is 0. The van der Waals surface area contributed by atoms with Gasteiger partial charge in [-0.2, -0.15) is 0 Å². The van der Waals surface area contributed by atoms with Crippen LogP contribution < -0.4 is 0 Å². The molecule has 0 aliphatic heterocycles. The molecule has 0 heterocycles. The van der Waals surface area contributed by atoms with Crippen molar-refractivity contribution in [2.75, 3.05) is 0 Å². The molecule has 0 aliphatic carbocycles. The van der Waals surface area contributed by atoms with Crippen LogP contribution in [0.2, 0.25) is 0 Å². The molecule has 0 aromatic heterocycles. The van der Waals surface area contributed by atoms with Gasteiger partial charge in [-0.25, -0.2) is 0 Å². The smallest absolute Gasteiger partial charge is 0.0623 e. The van der Waals surface area contributed by atoms with Gasteiger partial charge >= 0.3 is 0 Å². The molecule has 2 rings (SSSR count). The molecule has 2 aromatic carbocycles. The van der Waals surface area contributed by atoms with Gasteiger partial charge in [0.15, 0.2) is 0 Å². The molecule has 0 amide bonds. The average Bonchev–Trinajstić information content (AvgIpc) is 2.24. The first-order valence-electron chi connectivity index (χ1n) is 4.00. The maximum atomic E-state index is 2.00. The van der Waals surface area contributed by atoms with E-state index in [9.17, 15) is 0 Å². The van der Waals surface area contributed by atoms with Crippen LogP contribution in [-0.2, 0) is 0 Å². The Morgan fingerprint density at radius 3 is 0.412 bits per heavy atom. The third kappa shape index (κ3) is 20.9. The molecule has 0 spiro atoms. The summed E-state index contributed by atoms with van der Waals surface area (Å²) in [5.74, 6) is 0. The molecule has 2 aromatic rings. The van der Waals surface area contributed by atoms with Crippen molar-refractivity contribution in [3.8, 4) is 0 Å². The molecule has 0 aliphatic rings. The van der Waals surface area contributed by atoms with Gasteiger partial charge in [-0.1, -0.05) is 80.2 Å². The predicted molar refractivity (Wildman–Crippen MR) is 79.1 cm³/mol. The number of rotatable bonds is 0. The first-order chi connectivity index (χ1) is 6.00. The van der Waals surface area contributed by atoms with Crippen molar-refractivity contribution in [1.29, 1.82) is 0 Å². The zero-order valence-corrected chi connectivity index (χ0v) is 10.2. The summed E-state index contributed by atoms with van der Waals surface area (Å²) in [5, 5.41) is 0. The number of benzene rings is 2. The molecule has 0 atom stereocenters. The summed E-state index contributed by atoms with van der Waals surface area (Å²) in [5.41, 5.74) is 0. The lowest BCUT2D eigenvalue weighted by Gasteiger charge is -1.69. The van der Waals surface area contributed by atoms with E-state index in [0.717, 1.165) is 0 Å². The lowest BCUT2D eigenvalue weighted by Crippen LogP contribution is -1.47. The van der Waals surface area contributed by atoms with E-state index in [0.29, 0.717) is 0 Å². The van der Waals surface area contributed by atoms with Crippen LogP contribution in [0.15, 0.2) is 72.8 Å². The number of halogens is 4. The summed E-state index contributed by atoms with van der Waals surface area (Å²) in [7, 11) is 0. The Kier molecular flexibility index (Phi) is 42.3. The molecule has 0 unspecified atom stereocenters. The lowest BCUT2D eigenvalue weighted by atomic mass is 10.4. The predicted octanol–water partition coefficient (Wildman–Crippen LogP) is 5.16. The van der Waals surface area contributed by atoms with Crippen LogP contribution in [-0.4, -0.2) is 0 Å². The lowest BCUT2D eigenvalue weighted by molar-refractivity contribution is 1.11. The maximum absolute atomic E-state index is 2.00. The standard InChI is InChI=1S/2C6H6.CH4.2ClH.2FH/c2*1-2-4-6-5-3-1;;;;;/h2*1-6H;1H4;4*1H. The second kappa shape index (κ2) is 24.2. The SMILES string of the molecule is C.Cl.Cl.F.F.c1ccccc1.c1ccccc1. The van der Waals surface area contributed by atoms with Gasteiger partial charge in [0, 0.05) is 0 Å². The third-order valence-electron chi connectivity index (χ3n) is 1.33. The molecule has 0 bridgehead atoms. The molecular weight excluding hydrogens is 265 g/mol. The van der Waals surface area contributed by atoms with Gasteiger partial charge in [-0.05, 0) is 0 Å². The highest BCUT2D eigenvalue weighted by Gasteiger charge is 1.58. The fourth-order valence-electron chi connectivity index (χ4n) is 0.770. The third-order valence-corrected chi connectivity index (χ3v) is 1.33. The number of hydrogen-bond donors (Lipinski definition) is 0. The van der Waals surface area contributed by atoms with Crippen LogP contribution >= 0.6 is 24.8 Å². The quantitative estimate of drug-likeness (QED) is 0.627. The molecule has 0 N–H and O–H groups in total. The highest BCUT2D eigenvalue weighted by molar-refractivity contribution is 5.85. The second-order valence-electron chi connectivity index (χ2n) is 2.31. The van der Waals surface area contributed by atoms with Gasteiger partial charge in [0.1, 0.15) is 0 Å². The van der Waals surface area contributed by atoms with E-state index in [4.69, 9.17) is 0 Å². The zero-order chi connectivity index (χ0) is 8.49. The van der Waals surface area contributed by atoms with Crippen molar-refractivity contribution in [3.05, 3.63) is 72.8 Å². The van der Waals surface area contributed by atoms with E-state index in [1.54, 1.807) is 0 Å². The molecule has 0 radical (unpaired) electrons. The van der Waals surface area contributed by atoms with Gasteiger partial charge in [-0.15, -0.1) is 24.8 Å². The van der Waals surface area contributed by atoms with E-state index in [1.165, 1.54) is 0 Å². The Bertz CT molecular complexity index is 193. The number of hydrogen-bond acceptors (Lipinski definition) is 0. The first-order valence-corrected chi connectivity index (χ1v) is 4.00. The van der Waals surface area contributed by atoms with Crippen molar-refractivity contribution in [1.82, 2.24) is 0 Å². The van der Waals surface area contributed by atoms with E-state index in [-0.39, 0.29) is 41.6 Å². The van der Waals surface area contributed by atoms with E-state index in [2.05, 4.69) is 0 Å². The fraction of sp³-hybridized carbons (Fsp3) is 0.0769. The highest BCUT2D eigenvalue weighted by Crippen LogP contribution is 1.80. The molecule has 17 heavy (non-hydrogen) atoms. The van der Waals surface area contributed by atoms with Crippen molar-refractivity contribution in [2.45, 2.75) is 7.43 Å². The minimum Gasteiger partial charge on any atom is -0.269 e. The van der Waals surface area contributed by atoms with Crippen molar-refractivity contribution >= 4 is 24.8 Å². The minimum absolute atomic E-state index is 0. The van der Waals surface area contributed by atoms with Gasteiger partial charge < -0.3 is 0 Å². The summed E-state index contributed by atoms with van der Waals surface area (Å²) in [6, 6.07) is 24.0. The van der Waals surface area contributed by atoms with Crippen LogP contribution in [0.5, 0.6) is 0 Å². The normalized spacial score (nSPS) is 5.65. The van der Waals surface area contributed by atoms with Crippen molar-refractivity contribution in [3.63, 3.8) is 0 Å². The summed E-state index contributed by atoms with van der Waals surface area (Å²) in [6.45, 7) is 0. The van der Waals surface area contributed by atoms with Crippen LogP contribution in [0.25, 0.3) is 0 Å². The monoisotopic (exact) mass is 284 g/mol. The van der Waals surface area contributed by atoms with E-state index in [1.807, 2.05) is 72.8 Å². The second-order valence-corrected chi connectivity index (χ2v) is 2.31. The molecule has 0 nitrogen and oxygen atoms in total. The summed E-state index contributed by atoms with van der Waals surface area (Å²) in [6.07, 6.45) is 0. The minimum atomic E-state index is 0. The van der Waals surface area contributed by atoms with E-state index < -0.39 is 0 Å². The summed E-state index contributed by atoms with van der Waals surface area (Å²) >= 11 is 0. The van der Waals surface area contributed by atoms with Crippen LogP contribution in [0.4, 0.5) is 9.41 Å². The van der Waals surface area contributed by atoms with Gasteiger partial charge in [0.25, 0.3) is 0 Å². The average molecular weight is 285 g/mol.